The predicted molar refractivity (Wildman–Crippen MR) is 136 cm³/mol. The van der Waals surface area contributed by atoms with Crippen LogP contribution in [-0.4, -0.2) is 18.5 Å². The van der Waals surface area contributed by atoms with E-state index in [2.05, 4.69) is 13.8 Å². The Morgan fingerprint density at radius 2 is 1.18 bits per heavy atom. The number of benzene rings is 1. The van der Waals surface area contributed by atoms with Gasteiger partial charge in [0.15, 0.2) is 0 Å². The molecule has 0 spiro atoms. The van der Waals surface area contributed by atoms with Gasteiger partial charge in [-0.3, -0.25) is 9.59 Å². The second-order valence-corrected chi connectivity index (χ2v) is 9.31. The van der Waals surface area contributed by atoms with E-state index in [-0.39, 0.29) is 11.9 Å². The molecule has 33 heavy (non-hydrogen) atoms. The molecule has 188 valence electrons. The van der Waals surface area contributed by atoms with Crippen molar-refractivity contribution in [2.24, 2.45) is 5.92 Å². The van der Waals surface area contributed by atoms with Crippen molar-refractivity contribution in [3.05, 3.63) is 35.9 Å². The molecule has 1 rings (SSSR count). The molecular weight excluding hydrogens is 412 g/mol. The van der Waals surface area contributed by atoms with E-state index in [4.69, 9.17) is 9.47 Å². The molecule has 1 aromatic carbocycles. The number of hydrogen-bond donors (Lipinski definition) is 0. The van der Waals surface area contributed by atoms with Crippen LogP contribution in [0.15, 0.2) is 30.3 Å². The summed E-state index contributed by atoms with van der Waals surface area (Å²) >= 11 is 0. The Labute approximate surface area is 202 Å². The van der Waals surface area contributed by atoms with Crippen molar-refractivity contribution in [2.75, 3.05) is 6.61 Å². The standard InChI is InChI=1S/C29H48O4/c1-3-5-7-12-18-26(19-13-8-6-4-2)24-32-28(30)22-16-9-10-17-23-29(31)33-25-27-20-14-11-15-21-27/h11,14-15,20-21,26H,3-10,12-13,16-19,22-25H2,1-2H3. The number of carbonyl (C=O) groups is 2. The Balaban J connectivity index is 2.08. The van der Waals surface area contributed by atoms with Crippen molar-refractivity contribution in [2.45, 2.75) is 123 Å². The van der Waals surface area contributed by atoms with E-state index in [0.29, 0.717) is 32.0 Å². The zero-order valence-electron chi connectivity index (χ0n) is 21.3. The van der Waals surface area contributed by atoms with Crippen molar-refractivity contribution in [3.8, 4) is 0 Å². The van der Waals surface area contributed by atoms with Crippen LogP contribution in [0.5, 0.6) is 0 Å². The van der Waals surface area contributed by atoms with Gasteiger partial charge in [-0.05, 0) is 37.2 Å². The summed E-state index contributed by atoms with van der Waals surface area (Å²) in [5.41, 5.74) is 1.01. The van der Waals surface area contributed by atoms with E-state index in [1.54, 1.807) is 0 Å². The minimum atomic E-state index is -0.151. The van der Waals surface area contributed by atoms with Crippen molar-refractivity contribution >= 4 is 11.9 Å². The first-order valence-corrected chi connectivity index (χ1v) is 13.5. The van der Waals surface area contributed by atoms with Crippen molar-refractivity contribution in [1.82, 2.24) is 0 Å². The summed E-state index contributed by atoms with van der Waals surface area (Å²) in [6.07, 6.45) is 17.0. The molecule has 4 heteroatoms. The fourth-order valence-electron chi connectivity index (χ4n) is 4.02. The summed E-state index contributed by atoms with van der Waals surface area (Å²) in [5.74, 6) is 0.302. The van der Waals surface area contributed by atoms with Gasteiger partial charge in [-0.2, -0.15) is 0 Å². The SMILES string of the molecule is CCCCCCC(CCCCCC)COC(=O)CCCCCCC(=O)OCc1ccccc1. The Morgan fingerprint density at radius 1 is 0.667 bits per heavy atom. The van der Waals surface area contributed by atoms with E-state index in [1.165, 1.54) is 64.2 Å². The third-order valence-electron chi connectivity index (χ3n) is 6.17. The van der Waals surface area contributed by atoms with Crippen molar-refractivity contribution in [3.63, 3.8) is 0 Å². The lowest BCUT2D eigenvalue weighted by molar-refractivity contribution is -0.146. The Kier molecular flexibility index (Phi) is 18.4. The first kappa shape index (κ1) is 29.2. The minimum Gasteiger partial charge on any atom is -0.465 e. The summed E-state index contributed by atoms with van der Waals surface area (Å²) in [6.45, 7) is 5.40. The topological polar surface area (TPSA) is 52.6 Å². The number of ether oxygens (including phenoxy) is 2. The van der Waals surface area contributed by atoms with Gasteiger partial charge in [-0.25, -0.2) is 0 Å². The average Bonchev–Trinajstić information content (AvgIpc) is 2.83. The minimum absolute atomic E-state index is 0.0654. The van der Waals surface area contributed by atoms with Crippen LogP contribution >= 0.6 is 0 Å². The molecule has 0 saturated carbocycles. The molecule has 0 aliphatic heterocycles. The molecular formula is C29H48O4. The van der Waals surface area contributed by atoms with Gasteiger partial charge >= 0.3 is 11.9 Å². The summed E-state index contributed by atoms with van der Waals surface area (Å²) in [6, 6.07) is 9.73. The van der Waals surface area contributed by atoms with Gasteiger partial charge in [-0.1, -0.05) is 108 Å². The molecule has 4 nitrogen and oxygen atoms in total. The molecule has 1 aromatic rings. The van der Waals surface area contributed by atoms with Gasteiger partial charge in [0.2, 0.25) is 0 Å². The molecule has 0 bridgehead atoms. The number of rotatable bonds is 21. The van der Waals surface area contributed by atoms with Gasteiger partial charge in [0.05, 0.1) is 6.61 Å². The van der Waals surface area contributed by atoms with Crippen LogP contribution in [0, 0.1) is 5.92 Å². The van der Waals surface area contributed by atoms with Gasteiger partial charge in [0.25, 0.3) is 0 Å². The number of esters is 2. The van der Waals surface area contributed by atoms with Gasteiger partial charge in [0, 0.05) is 12.8 Å². The number of hydrogen-bond acceptors (Lipinski definition) is 4. The molecule has 0 saturated heterocycles. The molecule has 0 aliphatic rings. The Bertz CT molecular complexity index is 587. The monoisotopic (exact) mass is 460 g/mol. The maximum Gasteiger partial charge on any atom is 0.306 e. The smallest absolute Gasteiger partial charge is 0.306 e. The molecule has 0 aromatic heterocycles. The van der Waals surface area contributed by atoms with Crippen LogP contribution in [0.1, 0.15) is 122 Å². The molecule has 0 radical (unpaired) electrons. The van der Waals surface area contributed by atoms with E-state index >= 15 is 0 Å². The number of carbonyl (C=O) groups excluding carboxylic acids is 2. The third-order valence-corrected chi connectivity index (χ3v) is 6.17. The summed E-state index contributed by atoms with van der Waals surface area (Å²) in [4.78, 5) is 24.0. The van der Waals surface area contributed by atoms with Crippen LogP contribution in [0.3, 0.4) is 0 Å². The highest BCUT2D eigenvalue weighted by Crippen LogP contribution is 2.19. The molecule has 0 atom stereocenters. The van der Waals surface area contributed by atoms with Crippen molar-refractivity contribution in [1.29, 1.82) is 0 Å². The maximum absolute atomic E-state index is 12.2. The second-order valence-electron chi connectivity index (χ2n) is 9.31. The lowest BCUT2D eigenvalue weighted by atomic mass is 9.95. The zero-order valence-corrected chi connectivity index (χ0v) is 21.3. The van der Waals surface area contributed by atoms with E-state index in [1.807, 2.05) is 30.3 Å². The molecule has 0 aliphatic carbocycles. The summed E-state index contributed by atoms with van der Waals surface area (Å²) in [7, 11) is 0. The lowest BCUT2D eigenvalue weighted by Crippen LogP contribution is -2.14. The van der Waals surface area contributed by atoms with Crippen LogP contribution < -0.4 is 0 Å². The third kappa shape index (κ3) is 17.3. The predicted octanol–water partition coefficient (Wildman–Crippen LogP) is 8.17. The summed E-state index contributed by atoms with van der Waals surface area (Å²) in [5, 5.41) is 0. The highest BCUT2D eigenvalue weighted by molar-refractivity contribution is 5.69. The fraction of sp³-hybridized carbons (Fsp3) is 0.724. The molecule has 0 heterocycles. The van der Waals surface area contributed by atoms with Crippen LogP contribution in [-0.2, 0) is 25.7 Å². The highest BCUT2D eigenvalue weighted by Gasteiger charge is 2.12. The van der Waals surface area contributed by atoms with Gasteiger partial charge < -0.3 is 9.47 Å². The number of unbranched alkanes of at least 4 members (excludes halogenated alkanes) is 9. The van der Waals surface area contributed by atoms with Crippen molar-refractivity contribution < 1.29 is 19.1 Å². The van der Waals surface area contributed by atoms with Gasteiger partial charge in [0.1, 0.15) is 6.61 Å². The van der Waals surface area contributed by atoms with Gasteiger partial charge in [-0.15, -0.1) is 0 Å². The first-order chi connectivity index (χ1) is 16.2. The van der Waals surface area contributed by atoms with E-state index in [9.17, 15) is 9.59 Å². The largest absolute Gasteiger partial charge is 0.465 e. The van der Waals surface area contributed by atoms with Crippen LogP contribution in [0.4, 0.5) is 0 Å². The normalized spacial score (nSPS) is 11.0. The van der Waals surface area contributed by atoms with Crippen LogP contribution in [0.25, 0.3) is 0 Å². The zero-order chi connectivity index (χ0) is 24.0. The van der Waals surface area contributed by atoms with E-state index < -0.39 is 0 Å². The quantitative estimate of drug-likeness (QED) is 0.137. The molecule has 0 amide bonds. The fourth-order valence-corrected chi connectivity index (χ4v) is 4.02. The van der Waals surface area contributed by atoms with Crippen LogP contribution in [0.2, 0.25) is 0 Å². The second kappa shape index (κ2) is 20.7. The molecule has 0 N–H and O–H groups in total. The highest BCUT2D eigenvalue weighted by atomic mass is 16.5. The van der Waals surface area contributed by atoms with E-state index in [0.717, 1.165) is 31.2 Å². The molecule has 0 fully saturated rings. The molecule has 0 unspecified atom stereocenters. The Hall–Kier alpha value is -1.84. The maximum atomic E-state index is 12.2. The lowest BCUT2D eigenvalue weighted by Gasteiger charge is -2.17. The first-order valence-electron chi connectivity index (χ1n) is 13.5. The average molecular weight is 461 g/mol. The summed E-state index contributed by atoms with van der Waals surface area (Å²) < 4.78 is 10.9. The Morgan fingerprint density at radius 3 is 1.73 bits per heavy atom.